The Hall–Kier alpha value is -0.870. The molecule has 0 aromatic heterocycles. The summed E-state index contributed by atoms with van der Waals surface area (Å²) < 4.78 is 0. The van der Waals surface area contributed by atoms with Crippen molar-refractivity contribution in [2.75, 3.05) is 13.1 Å². The maximum Gasteiger partial charge on any atom is 0.332 e. The number of aliphatic hydroxyl groups is 1. The number of carboxylic acids is 1. The second-order valence-corrected chi connectivity index (χ2v) is 3.08. The van der Waals surface area contributed by atoms with Crippen molar-refractivity contribution in [1.29, 1.82) is 0 Å². The average Bonchev–Trinajstić information content (AvgIpc) is 2.02. The van der Waals surface area contributed by atoms with Crippen molar-refractivity contribution < 1.29 is 15.0 Å². The standard InChI is InChI=1S/C9H17NO3/c1-7(9(12)13)6-10-5-3-4-8(2)11/h8,10-11H,1,3-6H2,2H3,(H,12,13). The summed E-state index contributed by atoms with van der Waals surface area (Å²) in [5, 5.41) is 20.3. The van der Waals surface area contributed by atoms with E-state index in [1.54, 1.807) is 6.92 Å². The van der Waals surface area contributed by atoms with Crippen molar-refractivity contribution >= 4 is 5.97 Å². The Labute approximate surface area is 78.3 Å². The maximum absolute atomic E-state index is 10.3. The predicted octanol–water partition coefficient (Wildman–Crippen LogP) is 0.378. The summed E-state index contributed by atoms with van der Waals surface area (Å²) in [6, 6.07) is 0. The van der Waals surface area contributed by atoms with E-state index in [4.69, 9.17) is 10.2 Å². The first-order chi connectivity index (χ1) is 6.04. The number of carbonyl (C=O) groups is 1. The molecule has 0 aliphatic rings. The highest BCUT2D eigenvalue weighted by Gasteiger charge is 2.02. The van der Waals surface area contributed by atoms with E-state index in [0.717, 1.165) is 12.8 Å². The van der Waals surface area contributed by atoms with Crippen LogP contribution < -0.4 is 5.32 Å². The first-order valence-corrected chi connectivity index (χ1v) is 4.34. The van der Waals surface area contributed by atoms with Crippen molar-refractivity contribution in [2.24, 2.45) is 0 Å². The Kier molecular flexibility index (Phi) is 6.18. The minimum Gasteiger partial charge on any atom is -0.478 e. The van der Waals surface area contributed by atoms with Crippen molar-refractivity contribution in [1.82, 2.24) is 5.32 Å². The van der Waals surface area contributed by atoms with Gasteiger partial charge in [0.05, 0.1) is 6.10 Å². The Bertz CT molecular complexity index is 178. The van der Waals surface area contributed by atoms with Gasteiger partial charge in [0.2, 0.25) is 0 Å². The molecule has 0 rings (SSSR count). The molecule has 1 unspecified atom stereocenters. The van der Waals surface area contributed by atoms with Gasteiger partial charge in [0.15, 0.2) is 0 Å². The van der Waals surface area contributed by atoms with Crippen LogP contribution in [0.2, 0.25) is 0 Å². The zero-order valence-electron chi connectivity index (χ0n) is 7.92. The Morgan fingerprint density at radius 2 is 2.23 bits per heavy atom. The minimum absolute atomic E-state index is 0.164. The molecule has 4 nitrogen and oxygen atoms in total. The zero-order valence-corrected chi connectivity index (χ0v) is 7.92. The molecule has 3 N–H and O–H groups in total. The van der Waals surface area contributed by atoms with Gasteiger partial charge in [0.25, 0.3) is 0 Å². The lowest BCUT2D eigenvalue weighted by molar-refractivity contribution is -0.132. The predicted molar refractivity (Wildman–Crippen MR) is 50.6 cm³/mol. The van der Waals surface area contributed by atoms with Crippen molar-refractivity contribution in [2.45, 2.75) is 25.9 Å². The molecule has 0 saturated carbocycles. The number of rotatable bonds is 7. The maximum atomic E-state index is 10.3. The molecule has 13 heavy (non-hydrogen) atoms. The van der Waals surface area contributed by atoms with E-state index < -0.39 is 5.97 Å². The van der Waals surface area contributed by atoms with Crippen molar-refractivity contribution in [3.8, 4) is 0 Å². The molecule has 1 atom stereocenters. The van der Waals surface area contributed by atoms with E-state index in [2.05, 4.69) is 11.9 Å². The number of hydrogen-bond acceptors (Lipinski definition) is 3. The summed E-state index contributed by atoms with van der Waals surface area (Å²) in [4.78, 5) is 10.3. The lowest BCUT2D eigenvalue weighted by Crippen LogP contribution is -2.22. The van der Waals surface area contributed by atoms with Crippen LogP contribution in [0.5, 0.6) is 0 Å². The van der Waals surface area contributed by atoms with Gasteiger partial charge in [-0.3, -0.25) is 0 Å². The highest BCUT2D eigenvalue weighted by molar-refractivity contribution is 5.86. The third-order valence-electron chi connectivity index (χ3n) is 1.62. The number of carboxylic acid groups (broad SMARTS) is 1. The highest BCUT2D eigenvalue weighted by Crippen LogP contribution is 1.94. The summed E-state index contributed by atoms with van der Waals surface area (Å²) in [5.74, 6) is -0.969. The van der Waals surface area contributed by atoms with E-state index in [1.807, 2.05) is 0 Å². The van der Waals surface area contributed by atoms with Gasteiger partial charge in [-0.2, -0.15) is 0 Å². The first kappa shape index (κ1) is 12.1. The van der Waals surface area contributed by atoms with Crippen LogP contribution in [0.15, 0.2) is 12.2 Å². The van der Waals surface area contributed by atoms with E-state index in [-0.39, 0.29) is 11.7 Å². The average molecular weight is 187 g/mol. The van der Waals surface area contributed by atoms with Crippen LogP contribution in [0.25, 0.3) is 0 Å². The van der Waals surface area contributed by atoms with Crippen LogP contribution in [0.4, 0.5) is 0 Å². The molecule has 0 fully saturated rings. The van der Waals surface area contributed by atoms with E-state index in [0.29, 0.717) is 13.1 Å². The molecule has 0 aromatic carbocycles. The lowest BCUT2D eigenvalue weighted by atomic mass is 10.2. The van der Waals surface area contributed by atoms with Gasteiger partial charge in [-0.15, -0.1) is 0 Å². The van der Waals surface area contributed by atoms with Crippen LogP contribution >= 0.6 is 0 Å². The monoisotopic (exact) mass is 187 g/mol. The minimum atomic E-state index is -0.969. The third kappa shape index (κ3) is 7.49. The Balaban J connectivity index is 3.26. The molecular weight excluding hydrogens is 170 g/mol. The number of hydrogen-bond donors (Lipinski definition) is 3. The van der Waals surface area contributed by atoms with E-state index >= 15 is 0 Å². The summed E-state index contributed by atoms with van der Waals surface area (Å²) in [6.45, 7) is 6.11. The molecule has 4 heteroatoms. The van der Waals surface area contributed by atoms with Crippen LogP contribution in [0.3, 0.4) is 0 Å². The summed E-state index contributed by atoms with van der Waals surface area (Å²) in [6.07, 6.45) is 1.28. The smallest absolute Gasteiger partial charge is 0.332 e. The molecule has 76 valence electrons. The fourth-order valence-electron chi connectivity index (χ4n) is 0.837. The van der Waals surface area contributed by atoms with Gasteiger partial charge in [0.1, 0.15) is 0 Å². The topological polar surface area (TPSA) is 69.6 Å². The van der Waals surface area contributed by atoms with Gasteiger partial charge < -0.3 is 15.5 Å². The fraction of sp³-hybridized carbons (Fsp3) is 0.667. The number of aliphatic hydroxyl groups excluding tert-OH is 1. The highest BCUT2D eigenvalue weighted by atomic mass is 16.4. The molecule has 0 amide bonds. The van der Waals surface area contributed by atoms with Gasteiger partial charge >= 0.3 is 5.97 Å². The summed E-state index contributed by atoms with van der Waals surface area (Å²) in [7, 11) is 0. The van der Waals surface area contributed by atoms with E-state index in [9.17, 15) is 4.79 Å². The fourth-order valence-corrected chi connectivity index (χ4v) is 0.837. The molecule has 0 radical (unpaired) electrons. The normalized spacial score (nSPS) is 12.5. The van der Waals surface area contributed by atoms with Crippen molar-refractivity contribution in [3.63, 3.8) is 0 Å². The first-order valence-electron chi connectivity index (χ1n) is 4.34. The van der Waals surface area contributed by atoms with E-state index in [1.165, 1.54) is 0 Å². The summed E-state index contributed by atoms with van der Waals surface area (Å²) in [5.41, 5.74) is 0.164. The molecule has 0 saturated heterocycles. The van der Waals surface area contributed by atoms with Gasteiger partial charge in [-0.05, 0) is 26.3 Å². The lowest BCUT2D eigenvalue weighted by Gasteiger charge is -2.05. The quantitative estimate of drug-likeness (QED) is 0.398. The number of nitrogens with one attached hydrogen (secondary N) is 1. The third-order valence-corrected chi connectivity index (χ3v) is 1.62. The van der Waals surface area contributed by atoms with Crippen molar-refractivity contribution in [3.05, 3.63) is 12.2 Å². The van der Waals surface area contributed by atoms with Gasteiger partial charge in [-0.1, -0.05) is 6.58 Å². The molecule has 0 aliphatic heterocycles. The van der Waals surface area contributed by atoms with Gasteiger partial charge in [0, 0.05) is 12.1 Å². The molecule has 0 bridgehead atoms. The molecule has 0 spiro atoms. The second-order valence-electron chi connectivity index (χ2n) is 3.08. The summed E-state index contributed by atoms with van der Waals surface area (Å²) >= 11 is 0. The Morgan fingerprint density at radius 3 is 2.69 bits per heavy atom. The molecule has 0 aromatic rings. The van der Waals surface area contributed by atoms with Gasteiger partial charge in [-0.25, -0.2) is 4.79 Å². The van der Waals surface area contributed by atoms with Crippen LogP contribution in [0.1, 0.15) is 19.8 Å². The van der Waals surface area contributed by atoms with Crippen LogP contribution in [-0.4, -0.2) is 35.4 Å². The second kappa shape index (κ2) is 6.62. The number of aliphatic carboxylic acids is 1. The molecular formula is C9H17NO3. The largest absolute Gasteiger partial charge is 0.478 e. The Morgan fingerprint density at radius 1 is 1.62 bits per heavy atom. The van der Waals surface area contributed by atoms with Crippen LogP contribution in [-0.2, 0) is 4.79 Å². The van der Waals surface area contributed by atoms with Crippen LogP contribution in [0, 0.1) is 0 Å². The molecule has 0 aliphatic carbocycles. The SMILES string of the molecule is C=C(CNCCCC(C)O)C(=O)O. The zero-order chi connectivity index (χ0) is 10.3. The molecule has 0 heterocycles.